The third kappa shape index (κ3) is 6.09. The average Bonchev–Trinajstić information content (AvgIpc) is 3.17. The molecule has 0 atom stereocenters. The van der Waals surface area contributed by atoms with Crippen LogP contribution in [0.4, 0.5) is 14.6 Å². The highest BCUT2D eigenvalue weighted by Gasteiger charge is 2.24. The number of likely N-dealkylation sites (N-methyl/N-ethyl adjacent to an activating group) is 1. The molecule has 168 valence electrons. The lowest BCUT2D eigenvalue weighted by atomic mass is 10.0. The average molecular weight is 454 g/mol. The van der Waals surface area contributed by atoms with E-state index in [9.17, 15) is 13.6 Å². The molecule has 0 radical (unpaired) electrons. The molecule has 2 aliphatic heterocycles. The lowest BCUT2D eigenvalue weighted by molar-refractivity contribution is -0.118. The number of anilines is 1. The molecular formula is C21H26ClF2N5O2. The summed E-state index contributed by atoms with van der Waals surface area (Å²) in [5, 5.41) is 3.22. The van der Waals surface area contributed by atoms with Gasteiger partial charge in [0, 0.05) is 30.8 Å². The Morgan fingerprint density at radius 1 is 1.26 bits per heavy atom. The molecule has 31 heavy (non-hydrogen) atoms. The van der Waals surface area contributed by atoms with Crippen LogP contribution in [0.15, 0.2) is 18.2 Å². The number of alkyl halides is 2. The maximum absolute atomic E-state index is 13.0. The van der Waals surface area contributed by atoms with E-state index < -0.39 is 6.43 Å². The van der Waals surface area contributed by atoms with Crippen LogP contribution in [0.5, 0.6) is 0 Å². The van der Waals surface area contributed by atoms with E-state index in [0.29, 0.717) is 36.7 Å². The molecule has 2 aromatic rings. The van der Waals surface area contributed by atoms with E-state index in [2.05, 4.69) is 27.2 Å². The molecule has 0 spiro atoms. The van der Waals surface area contributed by atoms with Crippen LogP contribution in [-0.2, 0) is 29.2 Å². The maximum atomic E-state index is 13.0. The molecule has 7 nitrogen and oxygen atoms in total. The summed E-state index contributed by atoms with van der Waals surface area (Å²) in [5.41, 5.74) is 2.82. The van der Waals surface area contributed by atoms with Crippen LogP contribution in [-0.4, -0.2) is 59.5 Å². The molecule has 0 saturated carbocycles. The summed E-state index contributed by atoms with van der Waals surface area (Å²) in [5.74, 6) is 0.524. The number of morpholine rings is 1. The number of hydrogen-bond acceptors (Lipinski definition) is 6. The van der Waals surface area contributed by atoms with Crippen LogP contribution in [0.25, 0.3) is 0 Å². The Labute approximate surface area is 185 Å². The minimum Gasteiger partial charge on any atom is -0.379 e. The molecule has 1 saturated heterocycles. The molecule has 1 N–H and O–H groups in total. The fourth-order valence-corrected chi connectivity index (χ4v) is 3.62. The van der Waals surface area contributed by atoms with E-state index in [1.165, 1.54) is 6.07 Å². The van der Waals surface area contributed by atoms with Gasteiger partial charge >= 0.3 is 0 Å². The van der Waals surface area contributed by atoms with Gasteiger partial charge in [-0.2, -0.15) is 0 Å². The summed E-state index contributed by atoms with van der Waals surface area (Å²) in [6.45, 7) is 6.80. The molecule has 1 aromatic heterocycles. The van der Waals surface area contributed by atoms with E-state index in [1.54, 1.807) is 24.0 Å². The molecule has 3 heterocycles. The van der Waals surface area contributed by atoms with Gasteiger partial charge in [0.25, 0.3) is 6.43 Å². The Kier molecular flexibility index (Phi) is 8.11. The standard InChI is InChI=1S/C16H15ClF2N4O.C5H11NO/c1-9-10(3-2-4-11(9)14(18)19)5-20-15-12-6-23(8-24)7-13(12)21-16(17)22-15;1-6-2-4-7-5-3-6/h2-4,8,14H,5-7H2,1H3,(H,20,21,22);2-5H2,1H3. The Balaban J connectivity index is 0.000000330. The number of nitrogens with one attached hydrogen (secondary N) is 1. The molecule has 1 amide bonds. The van der Waals surface area contributed by atoms with Crippen LogP contribution >= 0.6 is 11.6 Å². The quantitative estimate of drug-likeness (QED) is 0.552. The monoisotopic (exact) mass is 453 g/mol. The Morgan fingerprint density at radius 2 is 2.00 bits per heavy atom. The summed E-state index contributed by atoms with van der Waals surface area (Å²) < 4.78 is 31.1. The van der Waals surface area contributed by atoms with Crippen molar-refractivity contribution in [2.24, 2.45) is 0 Å². The van der Waals surface area contributed by atoms with E-state index >= 15 is 0 Å². The van der Waals surface area contributed by atoms with Crippen molar-refractivity contribution >= 4 is 23.8 Å². The van der Waals surface area contributed by atoms with Crippen LogP contribution in [0.1, 0.15) is 34.4 Å². The van der Waals surface area contributed by atoms with Crippen molar-refractivity contribution in [2.45, 2.75) is 33.0 Å². The van der Waals surface area contributed by atoms with Crippen LogP contribution in [0.2, 0.25) is 5.28 Å². The molecule has 10 heteroatoms. The minimum absolute atomic E-state index is 0.0207. The number of carbonyl (C=O) groups excluding carboxylic acids is 1. The minimum atomic E-state index is -2.51. The number of hydrogen-bond donors (Lipinski definition) is 1. The van der Waals surface area contributed by atoms with Gasteiger partial charge in [-0.3, -0.25) is 4.79 Å². The van der Waals surface area contributed by atoms with Gasteiger partial charge in [-0.15, -0.1) is 0 Å². The predicted molar refractivity (Wildman–Crippen MR) is 114 cm³/mol. The zero-order valence-corrected chi connectivity index (χ0v) is 18.3. The molecule has 4 rings (SSSR count). The summed E-state index contributed by atoms with van der Waals surface area (Å²) in [6, 6.07) is 4.82. The van der Waals surface area contributed by atoms with E-state index in [0.717, 1.165) is 43.8 Å². The highest BCUT2D eigenvalue weighted by Crippen LogP contribution is 2.29. The summed E-state index contributed by atoms with van der Waals surface area (Å²) >= 11 is 5.93. The fraction of sp³-hybridized carbons (Fsp3) is 0.476. The Hall–Kier alpha value is -2.36. The van der Waals surface area contributed by atoms with Crippen LogP contribution < -0.4 is 5.32 Å². The zero-order valence-electron chi connectivity index (χ0n) is 17.6. The van der Waals surface area contributed by atoms with Crippen LogP contribution in [0, 0.1) is 6.92 Å². The smallest absolute Gasteiger partial charge is 0.264 e. The number of nitrogens with zero attached hydrogens (tertiary/aromatic N) is 4. The van der Waals surface area contributed by atoms with Gasteiger partial charge in [0.05, 0.1) is 32.0 Å². The first-order chi connectivity index (χ1) is 14.9. The number of ether oxygens (including phenoxy) is 1. The van der Waals surface area contributed by atoms with Gasteiger partial charge in [-0.1, -0.05) is 18.2 Å². The van der Waals surface area contributed by atoms with Gasteiger partial charge in [0.15, 0.2) is 0 Å². The van der Waals surface area contributed by atoms with Crippen molar-refractivity contribution < 1.29 is 18.3 Å². The predicted octanol–water partition coefficient (Wildman–Crippen LogP) is 3.41. The number of aromatic nitrogens is 2. The molecule has 1 fully saturated rings. The third-order valence-corrected chi connectivity index (χ3v) is 5.50. The van der Waals surface area contributed by atoms with Crippen molar-refractivity contribution in [1.82, 2.24) is 19.8 Å². The van der Waals surface area contributed by atoms with Gasteiger partial charge in [0.2, 0.25) is 11.7 Å². The van der Waals surface area contributed by atoms with E-state index in [-0.39, 0.29) is 10.8 Å². The molecule has 1 aromatic carbocycles. The number of fused-ring (bicyclic) bond motifs is 1. The lowest BCUT2D eigenvalue weighted by Gasteiger charge is -2.21. The molecule has 0 aliphatic carbocycles. The number of rotatable bonds is 5. The van der Waals surface area contributed by atoms with Gasteiger partial charge in [0.1, 0.15) is 5.82 Å². The summed E-state index contributed by atoms with van der Waals surface area (Å²) in [4.78, 5) is 23.1. The largest absolute Gasteiger partial charge is 0.379 e. The molecule has 2 aliphatic rings. The Morgan fingerprint density at radius 3 is 2.61 bits per heavy atom. The Bertz CT molecular complexity index is 910. The maximum Gasteiger partial charge on any atom is 0.264 e. The molecular weight excluding hydrogens is 428 g/mol. The number of amides is 1. The van der Waals surface area contributed by atoms with E-state index in [1.807, 2.05) is 0 Å². The highest BCUT2D eigenvalue weighted by molar-refractivity contribution is 6.28. The molecule has 0 bridgehead atoms. The van der Waals surface area contributed by atoms with Crippen molar-refractivity contribution in [3.63, 3.8) is 0 Å². The van der Waals surface area contributed by atoms with Gasteiger partial charge in [-0.25, -0.2) is 18.7 Å². The fourth-order valence-electron chi connectivity index (χ4n) is 3.43. The first-order valence-corrected chi connectivity index (χ1v) is 10.4. The SMILES string of the molecule is CN1CCOCC1.Cc1c(CNc2nc(Cl)nc3c2CN(C=O)C3)cccc1C(F)F. The third-order valence-electron chi connectivity index (χ3n) is 5.33. The zero-order chi connectivity index (χ0) is 22.4. The van der Waals surface area contributed by atoms with Gasteiger partial charge < -0.3 is 19.9 Å². The number of benzene rings is 1. The normalized spacial score (nSPS) is 16.0. The van der Waals surface area contributed by atoms with E-state index in [4.69, 9.17) is 16.3 Å². The number of halogens is 3. The molecule has 0 unspecified atom stereocenters. The highest BCUT2D eigenvalue weighted by atomic mass is 35.5. The van der Waals surface area contributed by atoms with Crippen molar-refractivity contribution in [1.29, 1.82) is 0 Å². The summed E-state index contributed by atoms with van der Waals surface area (Å²) in [7, 11) is 2.11. The second-order valence-corrected chi connectivity index (χ2v) is 7.82. The second-order valence-electron chi connectivity index (χ2n) is 7.48. The topological polar surface area (TPSA) is 70.6 Å². The first kappa shape index (κ1) is 23.3. The lowest BCUT2D eigenvalue weighted by Crippen LogP contribution is -2.32. The number of carbonyl (C=O) groups is 1. The summed E-state index contributed by atoms with van der Waals surface area (Å²) in [6.07, 6.45) is -1.76. The van der Waals surface area contributed by atoms with Crippen molar-refractivity contribution in [2.75, 3.05) is 38.7 Å². The van der Waals surface area contributed by atoms with Crippen molar-refractivity contribution in [3.8, 4) is 0 Å². The van der Waals surface area contributed by atoms with Crippen molar-refractivity contribution in [3.05, 3.63) is 51.4 Å². The van der Waals surface area contributed by atoms with Crippen LogP contribution in [0.3, 0.4) is 0 Å². The van der Waals surface area contributed by atoms with Gasteiger partial charge in [-0.05, 0) is 36.7 Å². The second kappa shape index (κ2) is 10.8. The first-order valence-electron chi connectivity index (χ1n) is 10.0.